The molecule has 4 saturated heterocycles. The molecule has 7 nitrogen and oxygen atoms in total. The van der Waals surface area contributed by atoms with Gasteiger partial charge in [-0.1, -0.05) is 51.9 Å². The Hall–Kier alpha value is -0.730. The number of nitrogens with zero attached hydrogens (tertiary/aromatic N) is 3. The maximum absolute atomic E-state index is 12.2. The van der Waals surface area contributed by atoms with Crippen LogP contribution in [-0.4, -0.2) is 83.2 Å². The van der Waals surface area contributed by atoms with Crippen molar-refractivity contribution >= 4 is 5.91 Å². The Morgan fingerprint density at radius 1 is 0.892 bits per heavy atom. The second-order valence-electron chi connectivity index (χ2n) is 13.1. The van der Waals surface area contributed by atoms with Crippen LogP contribution >= 0.6 is 0 Å². The van der Waals surface area contributed by atoms with Gasteiger partial charge in [-0.2, -0.15) is 5.48 Å². The van der Waals surface area contributed by atoms with Gasteiger partial charge in [0, 0.05) is 62.7 Å². The fourth-order valence-corrected chi connectivity index (χ4v) is 8.27. The summed E-state index contributed by atoms with van der Waals surface area (Å²) in [6.45, 7) is 10.8. The average Bonchev–Trinajstić information content (AvgIpc) is 3.58. The van der Waals surface area contributed by atoms with Crippen LogP contribution in [0.1, 0.15) is 111 Å². The lowest BCUT2D eigenvalue weighted by Crippen LogP contribution is -2.61. The lowest BCUT2D eigenvalue weighted by Gasteiger charge is -2.49. The minimum atomic E-state index is 0.287. The number of piperidine rings is 2. The van der Waals surface area contributed by atoms with E-state index in [4.69, 9.17) is 4.84 Å². The molecule has 0 aromatic carbocycles. The third-order valence-electron chi connectivity index (χ3n) is 10.4. The third kappa shape index (κ3) is 6.54. The first-order valence-electron chi connectivity index (χ1n) is 16.0. The van der Waals surface area contributed by atoms with Gasteiger partial charge >= 0.3 is 0 Å². The van der Waals surface area contributed by atoms with E-state index in [-0.39, 0.29) is 6.10 Å². The van der Waals surface area contributed by atoms with Crippen LogP contribution < -0.4 is 10.9 Å². The van der Waals surface area contributed by atoms with Crippen LogP contribution in [-0.2, 0) is 9.63 Å². The van der Waals surface area contributed by atoms with Crippen molar-refractivity contribution in [3.05, 3.63) is 0 Å². The van der Waals surface area contributed by atoms with Crippen LogP contribution in [0.3, 0.4) is 0 Å². The standard InChI is InChI=1S/C30H55N5O2/c1-4-30(36)33-16-14-23(15-17-33)29-18-26(32-37-29)28-19-27-24(20-31-35(27)22(2)3)21-34(28)25-12-10-8-6-5-7-9-11-13-25/h22-29,31-32H,4-21H2,1-3H3. The number of nitrogens with one attached hydrogen (secondary N) is 2. The van der Waals surface area contributed by atoms with Gasteiger partial charge in [0.2, 0.25) is 5.91 Å². The molecule has 0 radical (unpaired) electrons. The summed E-state index contributed by atoms with van der Waals surface area (Å²) in [6.07, 6.45) is 18.1. The summed E-state index contributed by atoms with van der Waals surface area (Å²) in [5.41, 5.74) is 7.38. The molecule has 4 aliphatic heterocycles. The molecule has 5 atom stereocenters. The van der Waals surface area contributed by atoms with E-state index in [1.54, 1.807) is 0 Å². The van der Waals surface area contributed by atoms with Gasteiger partial charge in [-0.05, 0) is 58.3 Å². The molecule has 212 valence electrons. The van der Waals surface area contributed by atoms with Crippen molar-refractivity contribution in [3.8, 4) is 0 Å². The van der Waals surface area contributed by atoms with Crippen LogP contribution in [0.25, 0.3) is 0 Å². The summed E-state index contributed by atoms with van der Waals surface area (Å²) in [5, 5.41) is 2.57. The zero-order valence-electron chi connectivity index (χ0n) is 24.0. The van der Waals surface area contributed by atoms with E-state index in [1.165, 1.54) is 70.8 Å². The maximum Gasteiger partial charge on any atom is 0.222 e. The number of hydrogen-bond donors (Lipinski definition) is 2. The van der Waals surface area contributed by atoms with Crippen molar-refractivity contribution in [1.82, 2.24) is 25.7 Å². The largest absolute Gasteiger partial charge is 0.343 e. The van der Waals surface area contributed by atoms with Gasteiger partial charge < -0.3 is 4.90 Å². The molecule has 4 heterocycles. The Balaban J connectivity index is 1.27. The van der Waals surface area contributed by atoms with Crippen molar-refractivity contribution in [2.75, 3.05) is 26.2 Å². The highest BCUT2D eigenvalue weighted by molar-refractivity contribution is 5.75. The zero-order chi connectivity index (χ0) is 25.8. The van der Waals surface area contributed by atoms with Crippen LogP contribution in [0, 0.1) is 11.8 Å². The molecular formula is C30H55N5O2. The number of fused-ring (bicyclic) bond motifs is 1. The smallest absolute Gasteiger partial charge is 0.222 e. The van der Waals surface area contributed by atoms with Crippen molar-refractivity contribution in [3.63, 3.8) is 0 Å². The van der Waals surface area contributed by atoms with Gasteiger partial charge in [-0.25, -0.2) is 5.01 Å². The summed E-state index contributed by atoms with van der Waals surface area (Å²) >= 11 is 0. The lowest BCUT2D eigenvalue weighted by atomic mass is 9.80. The Kier molecular flexibility index (Phi) is 9.84. The molecule has 0 bridgehead atoms. The van der Waals surface area contributed by atoms with Crippen molar-refractivity contribution < 1.29 is 9.63 Å². The second kappa shape index (κ2) is 13.1. The molecule has 0 aromatic heterocycles. The average molecular weight is 518 g/mol. The van der Waals surface area contributed by atoms with Crippen LogP contribution in [0.5, 0.6) is 0 Å². The first kappa shape index (κ1) is 27.8. The van der Waals surface area contributed by atoms with Gasteiger partial charge in [0.15, 0.2) is 0 Å². The predicted octanol–water partition coefficient (Wildman–Crippen LogP) is 4.48. The number of carbonyl (C=O) groups excluding carboxylic acids is 1. The number of hydroxylamine groups is 1. The monoisotopic (exact) mass is 517 g/mol. The molecule has 37 heavy (non-hydrogen) atoms. The van der Waals surface area contributed by atoms with E-state index in [0.29, 0.717) is 42.4 Å². The maximum atomic E-state index is 12.2. The van der Waals surface area contributed by atoms with Crippen LogP contribution in [0.4, 0.5) is 0 Å². The molecule has 1 saturated carbocycles. The molecule has 7 heteroatoms. The Morgan fingerprint density at radius 3 is 2.22 bits per heavy atom. The zero-order valence-corrected chi connectivity index (χ0v) is 24.0. The number of amides is 1. The number of rotatable bonds is 5. The Morgan fingerprint density at radius 2 is 1.57 bits per heavy atom. The van der Waals surface area contributed by atoms with E-state index in [1.807, 2.05) is 6.92 Å². The van der Waals surface area contributed by atoms with Gasteiger partial charge in [-0.15, -0.1) is 0 Å². The summed E-state index contributed by atoms with van der Waals surface area (Å²) in [4.78, 5) is 23.6. The topological polar surface area (TPSA) is 60.1 Å². The SMILES string of the molecule is CCC(=O)N1CCC(C2CC(C3CC4C(CNN4C(C)C)CN3C3CCCCCCCCC3)NO2)CC1. The molecule has 0 aromatic rings. The predicted molar refractivity (Wildman–Crippen MR) is 149 cm³/mol. The van der Waals surface area contributed by atoms with E-state index in [9.17, 15) is 4.79 Å². The molecule has 1 aliphatic carbocycles. The van der Waals surface area contributed by atoms with Gasteiger partial charge in [0.1, 0.15) is 0 Å². The molecule has 5 rings (SSSR count). The van der Waals surface area contributed by atoms with Crippen LogP contribution in [0.2, 0.25) is 0 Å². The Bertz CT molecular complexity index is 717. The van der Waals surface area contributed by atoms with Crippen molar-refractivity contribution in [2.24, 2.45) is 11.8 Å². The van der Waals surface area contributed by atoms with E-state index >= 15 is 0 Å². The van der Waals surface area contributed by atoms with E-state index in [2.05, 4.69) is 39.6 Å². The first-order chi connectivity index (χ1) is 18.0. The summed E-state index contributed by atoms with van der Waals surface area (Å²) in [6, 6.07) is 2.84. The minimum Gasteiger partial charge on any atom is -0.343 e. The highest BCUT2D eigenvalue weighted by Gasteiger charge is 2.49. The number of carbonyl (C=O) groups is 1. The molecule has 1 amide bonds. The normalized spacial score (nSPS) is 36.2. The molecule has 5 aliphatic rings. The van der Waals surface area contributed by atoms with E-state index in [0.717, 1.165) is 50.9 Å². The first-order valence-corrected chi connectivity index (χ1v) is 16.0. The van der Waals surface area contributed by atoms with Gasteiger partial charge in [-0.3, -0.25) is 20.0 Å². The quantitative estimate of drug-likeness (QED) is 0.561. The molecule has 0 spiro atoms. The second-order valence-corrected chi connectivity index (χ2v) is 13.1. The van der Waals surface area contributed by atoms with Crippen molar-refractivity contribution in [1.29, 1.82) is 0 Å². The van der Waals surface area contributed by atoms with E-state index < -0.39 is 0 Å². The molecular weight excluding hydrogens is 462 g/mol. The molecule has 2 N–H and O–H groups in total. The molecule has 5 fully saturated rings. The molecule has 5 unspecified atom stereocenters. The number of hydrazine groups is 1. The van der Waals surface area contributed by atoms with Crippen molar-refractivity contribution in [2.45, 2.75) is 147 Å². The fraction of sp³-hybridized carbons (Fsp3) is 0.967. The fourth-order valence-electron chi connectivity index (χ4n) is 8.27. The number of hydrogen-bond acceptors (Lipinski definition) is 6. The highest BCUT2D eigenvalue weighted by atomic mass is 16.7. The van der Waals surface area contributed by atoms with Gasteiger partial charge in [0.05, 0.1) is 12.1 Å². The van der Waals surface area contributed by atoms with Gasteiger partial charge in [0.25, 0.3) is 0 Å². The lowest BCUT2D eigenvalue weighted by molar-refractivity contribution is -0.133. The summed E-state index contributed by atoms with van der Waals surface area (Å²) in [5.74, 6) is 1.60. The number of likely N-dealkylation sites (tertiary alicyclic amines) is 2. The Labute approximate surface area is 226 Å². The summed E-state index contributed by atoms with van der Waals surface area (Å²) < 4.78 is 0. The minimum absolute atomic E-state index is 0.287. The third-order valence-corrected chi connectivity index (χ3v) is 10.4. The highest BCUT2D eigenvalue weighted by Crippen LogP contribution is 2.38. The van der Waals surface area contributed by atoms with Crippen LogP contribution in [0.15, 0.2) is 0 Å². The summed E-state index contributed by atoms with van der Waals surface area (Å²) in [7, 11) is 0.